The Hall–Kier alpha value is -1.60. The molecule has 1 saturated heterocycles. The van der Waals surface area contributed by atoms with Crippen LogP contribution in [0.1, 0.15) is 12.0 Å². The zero-order valence-corrected chi connectivity index (χ0v) is 16.1. The molecule has 7 heteroatoms. The molecule has 0 saturated carbocycles. The van der Waals surface area contributed by atoms with Crippen LogP contribution in [0.3, 0.4) is 0 Å². The fraction of sp³-hybridized carbons (Fsp3) is 0.368. The maximum Gasteiger partial charge on any atom is 0.240 e. The van der Waals surface area contributed by atoms with Crippen molar-refractivity contribution in [2.24, 2.45) is 0 Å². The number of hydrogen-bond donors (Lipinski definition) is 1. The van der Waals surface area contributed by atoms with Gasteiger partial charge in [0.2, 0.25) is 10.0 Å². The van der Waals surface area contributed by atoms with Gasteiger partial charge in [0.25, 0.3) is 0 Å². The molecule has 1 fully saturated rings. The predicted molar refractivity (Wildman–Crippen MR) is 104 cm³/mol. The highest BCUT2D eigenvalue weighted by molar-refractivity contribution is 7.89. The molecule has 1 heterocycles. The molecule has 0 unspecified atom stereocenters. The molecule has 1 aliphatic heterocycles. The van der Waals surface area contributed by atoms with Crippen molar-refractivity contribution in [1.29, 1.82) is 0 Å². The summed E-state index contributed by atoms with van der Waals surface area (Å²) in [5.74, 6) is 0. The van der Waals surface area contributed by atoms with E-state index in [4.69, 9.17) is 16.3 Å². The average molecular weight is 395 g/mol. The highest BCUT2D eigenvalue weighted by atomic mass is 35.5. The zero-order valence-electron chi connectivity index (χ0n) is 14.5. The molecule has 1 aliphatic rings. The molecule has 0 amide bonds. The monoisotopic (exact) mass is 394 g/mol. The number of anilines is 1. The van der Waals surface area contributed by atoms with E-state index in [2.05, 4.69) is 33.9 Å². The first-order chi connectivity index (χ1) is 12.5. The van der Waals surface area contributed by atoms with Crippen molar-refractivity contribution in [3.05, 3.63) is 59.1 Å². The predicted octanol–water partition coefficient (Wildman–Crippen LogP) is 3.09. The van der Waals surface area contributed by atoms with Gasteiger partial charge in [-0.15, -0.1) is 0 Å². The maximum absolute atomic E-state index is 12.2. The average Bonchev–Trinajstić information content (AvgIpc) is 2.67. The van der Waals surface area contributed by atoms with Crippen LogP contribution in [-0.2, 0) is 21.2 Å². The van der Waals surface area contributed by atoms with E-state index in [1.807, 2.05) is 0 Å². The van der Waals surface area contributed by atoms with Crippen molar-refractivity contribution < 1.29 is 13.2 Å². The molecule has 2 aromatic rings. The summed E-state index contributed by atoms with van der Waals surface area (Å²) in [5.41, 5.74) is 2.41. The first-order valence-electron chi connectivity index (χ1n) is 8.71. The van der Waals surface area contributed by atoms with Gasteiger partial charge in [0.15, 0.2) is 0 Å². The van der Waals surface area contributed by atoms with E-state index in [1.165, 1.54) is 23.4 Å². The Morgan fingerprint density at radius 3 is 2.31 bits per heavy atom. The number of benzene rings is 2. The summed E-state index contributed by atoms with van der Waals surface area (Å²) in [6.45, 7) is 3.79. The maximum atomic E-state index is 12.2. The van der Waals surface area contributed by atoms with Gasteiger partial charge in [-0.1, -0.05) is 23.7 Å². The van der Waals surface area contributed by atoms with Gasteiger partial charge >= 0.3 is 0 Å². The minimum Gasteiger partial charge on any atom is -0.378 e. The van der Waals surface area contributed by atoms with Crippen LogP contribution in [0, 0.1) is 0 Å². The second kappa shape index (κ2) is 8.86. The van der Waals surface area contributed by atoms with Crippen LogP contribution in [0.25, 0.3) is 0 Å². The lowest BCUT2D eigenvalue weighted by Crippen LogP contribution is -2.36. The number of hydrogen-bond acceptors (Lipinski definition) is 4. The number of rotatable bonds is 7. The van der Waals surface area contributed by atoms with E-state index in [9.17, 15) is 8.42 Å². The molecule has 26 heavy (non-hydrogen) atoms. The third-order valence-corrected chi connectivity index (χ3v) is 6.10. The summed E-state index contributed by atoms with van der Waals surface area (Å²) in [7, 11) is -3.48. The van der Waals surface area contributed by atoms with Gasteiger partial charge in [0.05, 0.1) is 18.1 Å². The molecule has 0 spiro atoms. The van der Waals surface area contributed by atoms with Crippen LogP contribution in [0.4, 0.5) is 5.69 Å². The lowest BCUT2D eigenvalue weighted by molar-refractivity contribution is 0.122. The molecule has 0 bridgehead atoms. The molecule has 2 aromatic carbocycles. The minimum atomic E-state index is -3.48. The molecule has 1 N–H and O–H groups in total. The number of nitrogens with zero attached hydrogens (tertiary/aromatic N) is 1. The quantitative estimate of drug-likeness (QED) is 0.733. The van der Waals surface area contributed by atoms with Crippen molar-refractivity contribution in [1.82, 2.24) is 4.72 Å². The Balaban J connectivity index is 1.46. The Morgan fingerprint density at radius 2 is 1.65 bits per heavy atom. The van der Waals surface area contributed by atoms with Gasteiger partial charge in [-0.2, -0.15) is 0 Å². The number of morpholine rings is 1. The highest BCUT2D eigenvalue weighted by Gasteiger charge is 2.13. The number of halogens is 1. The molecule has 3 rings (SSSR count). The van der Waals surface area contributed by atoms with Gasteiger partial charge in [0, 0.05) is 30.3 Å². The van der Waals surface area contributed by atoms with Crippen LogP contribution in [-0.4, -0.2) is 41.3 Å². The number of aryl methyl sites for hydroxylation is 1. The van der Waals surface area contributed by atoms with E-state index in [0.717, 1.165) is 39.1 Å². The summed E-state index contributed by atoms with van der Waals surface area (Å²) in [6, 6.07) is 14.6. The Kier molecular flexibility index (Phi) is 6.53. The summed E-state index contributed by atoms with van der Waals surface area (Å²) in [5, 5.41) is 0.518. The van der Waals surface area contributed by atoms with E-state index in [0.29, 0.717) is 11.6 Å². The van der Waals surface area contributed by atoms with Gasteiger partial charge < -0.3 is 9.64 Å². The molecular weight excluding hydrogens is 372 g/mol. The molecular formula is C19H23ClN2O3S. The Morgan fingerprint density at radius 1 is 1.00 bits per heavy atom. The summed E-state index contributed by atoms with van der Waals surface area (Å²) < 4.78 is 32.4. The van der Waals surface area contributed by atoms with Crippen molar-refractivity contribution in [3.63, 3.8) is 0 Å². The third-order valence-electron chi connectivity index (χ3n) is 4.37. The molecule has 0 aromatic heterocycles. The Labute approximate surface area is 160 Å². The molecule has 0 aliphatic carbocycles. The van der Waals surface area contributed by atoms with Crippen LogP contribution in [0.2, 0.25) is 5.02 Å². The fourth-order valence-corrected chi connectivity index (χ4v) is 4.09. The lowest BCUT2D eigenvalue weighted by atomic mass is 10.1. The van der Waals surface area contributed by atoms with E-state index in [1.54, 1.807) is 12.1 Å². The van der Waals surface area contributed by atoms with Crippen LogP contribution < -0.4 is 9.62 Å². The third kappa shape index (κ3) is 5.20. The van der Waals surface area contributed by atoms with Gasteiger partial charge in [-0.05, 0) is 54.8 Å². The second-order valence-corrected chi connectivity index (χ2v) is 8.42. The molecule has 0 atom stereocenters. The molecule has 5 nitrogen and oxygen atoms in total. The first kappa shape index (κ1) is 19.2. The summed E-state index contributed by atoms with van der Waals surface area (Å²) >= 11 is 5.79. The number of ether oxygens (including phenoxy) is 1. The van der Waals surface area contributed by atoms with Gasteiger partial charge in [-0.3, -0.25) is 0 Å². The van der Waals surface area contributed by atoms with Crippen molar-refractivity contribution in [2.45, 2.75) is 17.7 Å². The normalized spacial score (nSPS) is 15.2. The summed E-state index contributed by atoms with van der Waals surface area (Å²) in [4.78, 5) is 2.55. The van der Waals surface area contributed by atoms with Gasteiger partial charge in [0.1, 0.15) is 0 Å². The Bertz CT molecular complexity index is 802. The fourth-order valence-electron chi connectivity index (χ4n) is 2.89. The standard InChI is InChI=1S/C19H23ClN2O3S/c20-17-5-9-19(10-6-17)26(23,24)21-11-1-2-16-3-7-18(8-4-16)22-12-14-25-15-13-22/h3-10,21H,1-2,11-15H2. The van der Waals surface area contributed by atoms with Gasteiger partial charge in [-0.25, -0.2) is 13.1 Å². The number of nitrogens with one attached hydrogen (secondary N) is 1. The second-order valence-electron chi connectivity index (χ2n) is 6.22. The van der Waals surface area contributed by atoms with E-state index in [-0.39, 0.29) is 4.90 Å². The largest absolute Gasteiger partial charge is 0.378 e. The highest BCUT2D eigenvalue weighted by Crippen LogP contribution is 2.17. The van der Waals surface area contributed by atoms with E-state index >= 15 is 0 Å². The van der Waals surface area contributed by atoms with Crippen LogP contribution in [0.5, 0.6) is 0 Å². The van der Waals surface area contributed by atoms with Crippen LogP contribution >= 0.6 is 11.6 Å². The van der Waals surface area contributed by atoms with Crippen LogP contribution in [0.15, 0.2) is 53.4 Å². The molecule has 140 valence electrons. The zero-order chi connectivity index (χ0) is 18.4. The molecule has 0 radical (unpaired) electrons. The van der Waals surface area contributed by atoms with E-state index < -0.39 is 10.0 Å². The van der Waals surface area contributed by atoms with Crippen molar-refractivity contribution >= 4 is 27.3 Å². The SMILES string of the molecule is O=S(=O)(NCCCc1ccc(N2CCOCC2)cc1)c1ccc(Cl)cc1. The number of sulfonamides is 1. The first-order valence-corrected chi connectivity index (χ1v) is 10.6. The smallest absolute Gasteiger partial charge is 0.240 e. The minimum absolute atomic E-state index is 0.233. The summed E-state index contributed by atoms with van der Waals surface area (Å²) in [6.07, 6.45) is 1.57. The topological polar surface area (TPSA) is 58.6 Å². The lowest BCUT2D eigenvalue weighted by Gasteiger charge is -2.28. The van der Waals surface area contributed by atoms with Crippen molar-refractivity contribution in [2.75, 3.05) is 37.7 Å². The van der Waals surface area contributed by atoms with Crippen molar-refractivity contribution in [3.8, 4) is 0 Å².